The Morgan fingerprint density at radius 1 is 1.20 bits per heavy atom. The zero-order valence-corrected chi connectivity index (χ0v) is 14.0. The van der Waals surface area contributed by atoms with Gasteiger partial charge in [0.2, 0.25) is 10.0 Å². The molecule has 2 rings (SSSR count). The van der Waals surface area contributed by atoms with Crippen LogP contribution < -0.4 is 4.72 Å². The van der Waals surface area contributed by atoms with E-state index in [4.69, 9.17) is 23.2 Å². The Bertz CT molecular complexity index is 726. The van der Waals surface area contributed by atoms with E-state index in [2.05, 4.69) is 4.72 Å². The molecule has 0 spiro atoms. The molecule has 0 aliphatic rings. The van der Waals surface area contributed by atoms with Crippen LogP contribution in [-0.4, -0.2) is 8.42 Å². The number of halogens is 2. The normalized spacial score (nSPS) is 13.4. The Morgan fingerprint density at radius 3 is 2.45 bits per heavy atom. The van der Waals surface area contributed by atoms with Crippen LogP contribution in [0.1, 0.15) is 23.4 Å². The van der Waals surface area contributed by atoms with Gasteiger partial charge in [-0.05, 0) is 49.7 Å². The molecule has 2 aromatic rings. The van der Waals surface area contributed by atoms with Crippen molar-refractivity contribution in [3.63, 3.8) is 0 Å². The standard InChI is InChI=1S/C13H13Cl2NO2S2/c1-8-7-10(14)3-5-12(8)20(17,18)16-9(2)11-4-6-13(15)19-11/h3-7,9,16H,1-2H3. The molecule has 0 bridgehead atoms. The fraction of sp³-hybridized carbons (Fsp3) is 0.231. The van der Waals surface area contributed by atoms with E-state index < -0.39 is 10.0 Å². The predicted molar refractivity (Wildman–Crippen MR) is 84.3 cm³/mol. The van der Waals surface area contributed by atoms with Gasteiger partial charge in [-0.25, -0.2) is 13.1 Å². The first-order valence-corrected chi connectivity index (χ1v) is 8.89. The quantitative estimate of drug-likeness (QED) is 0.888. The molecular weight excluding hydrogens is 337 g/mol. The Hall–Kier alpha value is -0.590. The van der Waals surface area contributed by atoms with Crippen molar-refractivity contribution >= 4 is 44.6 Å². The second-order valence-electron chi connectivity index (χ2n) is 4.39. The van der Waals surface area contributed by atoms with Gasteiger partial charge in [-0.1, -0.05) is 23.2 Å². The molecule has 1 N–H and O–H groups in total. The molecule has 0 amide bonds. The molecule has 20 heavy (non-hydrogen) atoms. The zero-order chi connectivity index (χ0) is 14.9. The largest absolute Gasteiger partial charge is 0.241 e. The van der Waals surface area contributed by atoms with Crippen molar-refractivity contribution in [2.75, 3.05) is 0 Å². The summed E-state index contributed by atoms with van der Waals surface area (Å²) in [6, 6.07) is 7.93. The van der Waals surface area contributed by atoms with E-state index in [-0.39, 0.29) is 10.9 Å². The molecule has 7 heteroatoms. The topological polar surface area (TPSA) is 46.2 Å². The highest BCUT2D eigenvalue weighted by Crippen LogP contribution is 2.28. The summed E-state index contributed by atoms with van der Waals surface area (Å²) in [7, 11) is -3.59. The van der Waals surface area contributed by atoms with Gasteiger partial charge in [0.05, 0.1) is 15.3 Å². The molecule has 108 valence electrons. The van der Waals surface area contributed by atoms with Crippen molar-refractivity contribution < 1.29 is 8.42 Å². The molecule has 1 aromatic heterocycles. The Kier molecular flexibility index (Phi) is 4.76. The minimum atomic E-state index is -3.59. The SMILES string of the molecule is Cc1cc(Cl)ccc1S(=O)(=O)NC(C)c1ccc(Cl)s1. The van der Waals surface area contributed by atoms with Crippen LogP contribution in [0.3, 0.4) is 0 Å². The number of nitrogens with one attached hydrogen (secondary N) is 1. The first-order chi connectivity index (χ1) is 9.29. The number of aryl methyl sites for hydroxylation is 1. The molecule has 3 nitrogen and oxygen atoms in total. The smallest absolute Gasteiger partial charge is 0.207 e. The number of thiophene rings is 1. The van der Waals surface area contributed by atoms with Gasteiger partial charge in [0.15, 0.2) is 0 Å². The number of rotatable bonds is 4. The summed E-state index contributed by atoms with van der Waals surface area (Å²) in [4.78, 5) is 1.10. The summed E-state index contributed by atoms with van der Waals surface area (Å²) in [6.07, 6.45) is 0. The van der Waals surface area contributed by atoms with Crippen molar-refractivity contribution in [3.05, 3.63) is 50.1 Å². The van der Waals surface area contributed by atoms with E-state index in [0.29, 0.717) is 14.9 Å². The predicted octanol–water partition coefficient (Wildman–Crippen LogP) is 4.40. The van der Waals surface area contributed by atoms with Crippen molar-refractivity contribution in [1.29, 1.82) is 0 Å². The molecule has 0 radical (unpaired) electrons. The van der Waals surface area contributed by atoms with Crippen LogP contribution in [0.15, 0.2) is 35.2 Å². The highest BCUT2D eigenvalue weighted by atomic mass is 35.5. The van der Waals surface area contributed by atoms with Crippen molar-refractivity contribution in [1.82, 2.24) is 4.72 Å². The van der Waals surface area contributed by atoms with Gasteiger partial charge < -0.3 is 0 Å². The van der Waals surface area contributed by atoms with Gasteiger partial charge in [0.25, 0.3) is 0 Å². The Morgan fingerprint density at radius 2 is 1.90 bits per heavy atom. The lowest BCUT2D eigenvalue weighted by molar-refractivity contribution is 0.568. The fourth-order valence-electron chi connectivity index (χ4n) is 1.83. The van der Waals surface area contributed by atoms with Gasteiger partial charge >= 0.3 is 0 Å². The van der Waals surface area contributed by atoms with Crippen LogP contribution in [-0.2, 0) is 10.0 Å². The van der Waals surface area contributed by atoms with E-state index >= 15 is 0 Å². The van der Waals surface area contributed by atoms with E-state index in [9.17, 15) is 8.42 Å². The van der Waals surface area contributed by atoms with E-state index in [1.165, 1.54) is 17.4 Å². The molecule has 0 aliphatic carbocycles. The second kappa shape index (κ2) is 6.03. The Labute approximate surface area is 132 Å². The van der Waals surface area contributed by atoms with Crippen LogP contribution in [0.5, 0.6) is 0 Å². The van der Waals surface area contributed by atoms with Crippen LogP contribution in [0.4, 0.5) is 0 Å². The van der Waals surface area contributed by atoms with Gasteiger partial charge in [0.1, 0.15) is 0 Å². The monoisotopic (exact) mass is 349 g/mol. The van der Waals surface area contributed by atoms with E-state index in [1.54, 1.807) is 32.0 Å². The number of benzene rings is 1. The molecule has 1 heterocycles. The number of sulfonamides is 1. The van der Waals surface area contributed by atoms with Crippen molar-refractivity contribution in [2.45, 2.75) is 24.8 Å². The molecule has 1 unspecified atom stereocenters. The zero-order valence-electron chi connectivity index (χ0n) is 10.9. The summed E-state index contributed by atoms with van der Waals surface area (Å²) < 4.78 is 28.0. The highest BCUT2D eigenvalue weighted by molar-refractivity contribution is 7.89. The Balaban J connectivity index is 2.27. The van der Waals surface area contributed by atoms with Crippen LogP contribution in [0, 0.1) is 6.92 Å². The molecule has 0 saturated heterocycles. The molecule has 1 aromatic carbocycles. The first-order valence-electron chi connectivity index (χ1n) is 5.83. The summed E-state index contributed by atoms with van der Waals surface area (Å²) in [5, 5.41) is 0.513. The third kappa shape index (κ3) is 3.54. The highest BCUT2D eigenvalue weighted by Gasteiger charge is 2.21. The van der Waals surface area contributed by atoms with Crippen LogP contribution in [0.25, 0.3) is 0 Å². The lowest BCUT2D eigenvalue weighted by atomic mass is 10.2. The average molecular weight is 350 g/mol. The van der Waals surface area contributed by atoms with E-state index in [1.807, 2.05) is 6.07 Å². The van der Waals surface area contributed by atoms with Gasteiger partial charge in [-0.3, -0.25) is 0 Å². The summed E-state index contributed by atoms with van der Waals surface area (Å²) >= 11 is 13.1. The molecular formula is C13H13Cl2NO2S2. The summed E-state index contributed by atoms with van der Waals surface area (Å²) in [5.74, 6) is 0. The molecule has 1 atom stereocenters. The minimum Gasteiger partial charge on any atom is -0.207 e. The van der Waals surface area contributed by atoms with Crippen molar-refractivity contribution in [2.24, 2.45) is 0 Å². The maximum absolute atomic E-state index is 12.4. The molecule has 0 aliphatic heterocycles. The van der Waals surface area contributed by atoms with Gasteiger partial charge in [-0.2, -0.15) is 0 Å². The third-order valence-corrected chi connectivity index (χ3v) is 6.13. The summed E-state index contributed by atoms with van der Waals surface area (Å²) in [5.41, 5.74) is 0.612. The summed E-state index contributed by atoms with van der Waals surface area (Å²) in [6.45, 7) is 3.50. The van der Waals surface area contributed by atoms with Crippen LogP contribution in [0.2, 0.25) is 9.36 Å². The lowest BCUT2D eigenvalue weighted by Gasteiger charge is -2.14. The van der Waals surface area contributed by atoms with Crippen LogP contribution >= 0.6 is 34.5 Å². The third-order valence-electron chi connectivity index (χ3n) is 2.78. The van der Waals surface area contributed by atoms with Gasteiger partial charge in [0, 0.05) is 9.90 Å². The van der Waals surface area contributed by atoms with Gasteiger partial charge in [-0.15, -0.1) is 11.3 Å². The first kappa shape index (κ1) is 15.8. The maximum Gasteiger partial charge on any atom is 0.241 e. The average Bonchev–Trinajstić information content (AvgIpc) is 2.74. The number of hydrogen-bond acceptors (Lipinski definition) is 3. The van der Waals surface area contributed by atoms with E-state index in [0.717, 1.165) is 4.88 Å². The molecule has 0 saturated carbocycles. The maximum atomic E-state index is 12.4. The minimum absolute atomic E-state index is 0.233. The molecule has 0 fully saturated rings. The fourth-order valence-corrected chi connectivity index (χ4v) is 4.64. The van der Waals surface area contributed by atoms with Crippen molar-refractivity contribution in [3.8, 4) is 0 Å². The number of hydrogen-bond donors (Lipinski definition) is 1. The lowest BCUT2D eigenvalue weighted by Crippen LogP contribution is -2.27. The second-order valence-corrected chi connectivity index (χ2v) is 8.26.